The van der Waals surface area contributed by atoms with Gasteiger partial charge in [-0.25, -0.2) is 4.98 Å². The Morgan fingerprint density at radius 2 is 2.25 bits per heavy atom. The first kappa shape index (κ1) is 15.2. The Labute approximate surface area is 121 Å². The quantitative estimate of drug-likeness (QED) is 0.839. The van der Waals surface area contributed by atoms with E-state index in [9.17, 15) is 0 Å². The number of hydrogen-bond donors (Lipinski definition) is 1. The number of rotatable bonds is 6. The van der Waals surface area contributed by atoms with Crippen molar-refractivity contribution in [3.05, 3.63) is 23.9 Å². The molecule has 0 spiro atoms. The minimum Gasteiger partial charge on any atom is -0.383 e. The highest BCUT2D eigenvalue weighted by molar-refractivity contribution is 5.38. The third-order valence-corrected chi connectivity index (χ3v) is 3.98. The van der Waals surface area contributed by atoms with Gasteiger partial charge in [0.05, 0.1) is 6.61 Å². The molecule has 0 aliphatic carbocycles. The molecule has 0 aromatic carbocycles. The van der Waals surface area contributed by atoms with E-state index in [4.69, 9.17) is 10.5 Å². The summed E-state index contributed by atoms with van der Waals surface area (Å²) in [7, 11) is 3.74. The second kappa shape index (κ2) is 7.02. The van der Waals surface area contributed by atoms with E-state index in [1.807, 2.05) is 13.2 Å². The Bertz CT molecular complexity index is 399. The molecule has 5 nitrogen and oxygen atoms in total. The number of likely N-dealkylation sites (tertiary alicyclic amines) is 1. The van der Waals surface area contributed by atoms with Crippen LogP contribution in [0.2, 0.25) is 0 Å². The zero-order valence-corrected chi connectivity index (χ0v) is 12.7. The van der Waals surface area contributed by atoms with E-state index in [1.54, 1.807) is 7.11 Å². The van der Waals surface area contributed by atoms with E-state index in [0.717, 1.165) is 32.0 Å². The van der Waals surface area contributed by atoms with Crippen LogP contribution in [-0.2, 0) is 11.3 Å². The SMILES string of the molecule is COCCN(C)c1ccc(CN2CC(C)C(N)C2)cn1. The number of methoxy groups -OCH3 is 1. The third kappa shape index (κ3) is 3.91. The van der Waals surface area contributed by atoms with E-state index < -0.39 is 0 Å². The van der Waals surface area contributed by atoms with Crippen LogP contribution in [0, 0.1) is 5.92 Å². The van der Waals surface area contributed by atoms with Crippen molar-refractivity contribution < 1.29 is 4.74 Å². The van der Waals surface area contributed by atoms with Crippen LogP contribution in [0.4, 0.5) is 5.82 Å². The van der Waals surface area contributed by atoms with Gasteiger partial charge in [0.25, 0.3) is 0 Å². The number of aromatic nitrogens is 1. The van der Waals surface area contributed by atoms with Crippen LogP contribution in [0.1, 0.15) is 12.5 Å². The Morgan fingerprint density at radius 1 is 1.45 bits per heavy atom. The molecule has 1 fully saturated rings. The summed E-state index contributed by atoms with van der Waals surface area (Å²) < 4.78 is 5.08. The number of ether oxygens (including phenoxy) is 1. The van der Waals surface area contributed by atoms with Gasteiger partial charge in [0.2, 0.25) is 0 Å². The zero-order chi connectivity index (χ0) is 14.5. The van der Waals surface area contributed by atoms with Gasteiger partial charge in [0, 0.05) is 52.6 Å². The van der Waals surface area contributed by atoms with Crippen molar-refractivity contribution in [2.75, 3.05) is 45.3 Å². The lowest BCUT2D eigenvalue weighted by molar-refractivity contribution is 0.206. The maximum Gasteiger partial charge on any atom is 0.128 e. The van der Waals surface area contributed by atoms with Crippen molar-refractivity contribution in [1.29, 1.82) is 0 Å². The minimum absolute atomic E-state index is 0.308. The van der Waals surface area contributed by atoms with Crippen LogP contribution in [0.25, 0.3) is 0 Å². The van der Waals surface area contributed by atoms with E-state index >= 15 is 0 Å². The summed E-state index contributed by atoms with van der Waals surface area (Å²) in [5, 5.41) is 0. The van der Waals surface area contributed by atoms with Gasteiger partial charge in [0.15, 0.2) is 0 Å². The number of pyridine rings is 1. The maximum atomic E-state index is 6.06. The van der Waals surface area contributed by atoms with Crippen LogP contribution >= 0.6 is 0 Å². The third-order valence-electron chi connectivity index (χ3n) is 3.98. The van der Waals surface area contributed by atoms with Crippen LogP contribution in [0.3, 0.4) is 0 Å². The average Bonchev–Trinajstić information content (AvgIpc) is 2.75. The molecule has 0 bridgehead atoms. The van der Waals surface area contributed by atoms with Crippen LogP contribution in [-0.4, -0.2) is 56.3 Å². The van der Waals surface area contributed by atoms with Crippen LogP contribution in [0.15, 0.2) is 18.3 Å². The summed E-state index contributed by atoms with van der Waals surface area (Å²) in [6, 6.07) is 4.53. The molecule has 1 aliphatic heterocycles. The van der Waals surface area contributed by atoms with Gasteiger partial charge in [-0.05, 0) is 17.5 Å². The smallest absolute Gasteiger partial charge is 0.128 e. The highest BCUT2D eigenvalue weighted by Crippen LogP contribution is 2.18. The first-order valence-corrected chi connectivity index (χ1v) is 7.23. The van der Waals surface area contributed by atoms with Crippen molar-refractivity contribution in [2.24, 2.45) is 11.7 Å². The average molecular weight is 278 g/mol. The van der Waals surface area contributed by atoms with Crippen LogP contribution < -0.4 is 10.6 Å². The second-order valence-electron chi connectivity index (χ2n) is 5.77. The lowest BCUT2D eigenvalue weighted by atomic mass is 10.1. The van der Waals surface area contributed by atoms with Gasteiger partial charge in [-0.1, -0.05) is 13.0 Å². The molecule has 5 heteroatoms. The Kier molecular flexibility index (Phi) is 5.34. The predicted octanol–water partition coefficient (Wildman–Crippen LogP) is 0.943. The van der Waals surface area contributed by atoms with Crippen LogP contribution in [0.5, 0.6) is 0 Å². The topological polar surface area (TPSA) is 54.6 Å². The highest BCUT2D eigenvalue weighted by atomic mass is 16.5. The molecule has 20 heavy (non-hydrogen) atoms. The summed E-state index contributed by atoms with van der Waals surface area (Å²) >= 11 is 0. The molecule has 2 heterocycles. The minimum atomic E-state index is 0.308. The van der Waals surface area contributed by atoms with E-state index in [-0.39, 0.29) is 0 Å². The largest absolute Gasteiger partial charge is 0.383 e. The molecule has 0 radical (unpaired) electrons. The summed E-state index contributed by atoms with van der Waals surface area (Å²) in [6.07, 6.45) is 1.97. The van der Waals surface area contributed by atoms with Crippen molar-refractivity contribution in [2.45, 2.75) is 19.5 Å². The van der Waals surface area contributed by atoms with Gasteiger partial charge < -0.3 is 15.4 Å². The molecule has 2 atom stereocenters. The van der Waals surface area contributed by atoms with E-state index in [1.165, 1.54) is 5.56 Å². The summed E-state index contributed by atoms with van der Waals surface area (Å²) in [4.78, 5) is 9.03. The maximum absolute atomic E-state index is 6.06. The number of likely N-dealkylation sites (N-methyl/N-ethyl adjacent to an activating group) is 1. The lowest BCUT2D eigenvalue weighted by Crippen LogP contribution is -2.28. The number of nitrogens with zero attached hydrogens (tertiary/aromatic N) is 3. The molecule has 2 unspecified atom stereocenters. The molecular formula is C15H26N4O. The standard InChI is InChI=1S/C15H26N4O/c1-12-9-19(11-14(12)16)10-13-4-5-15(17-8-13)18(2)6-7-20-3/h4-5,8,12,14H,6-7,9-11,16H2,1-3H3. The number of hydrogen-bond acceptors (Lipinski definition) is 5. The fourth-order valence-electron chi connectivity index (χ4n) is 2.56. The molecule has 0 amide bonds. The molecule has 0 saturated carbocycles. The molecule has 1 aromatic rings. The first-order valence-electron chi connectivity index (χ1n) is 7.23. The first-order chi connectivity index (χ1) is 9.60. The monoisotopic (exact) mass is 278 g/mol. The second-order valence-corrected chi connectivity index (χ2v) is 5.77. The number of nitrogens with two attached hydrogens (primary N) is 1. The Morgan fingerprint density at radius 3 is 2.80 bits per heavy atom. The molecule has 1 saturated heterocycles. The van der Waals surface area contributed by atoms with E-state index in [0.29, 0.717) is 18.6 Å². The molecule has 1 aliphatic rings. The van der Waals surface area contributed by atoms with Crippen molar-refractivity contribution >= 4 is 5.82 Å². The van der Waals surface area contributed by atoms with Gasteiger partial charge in [-0.15, -0.1) is 0 Å². The molecular weight excluding hydrogens is 252 g/mol. The fourth-order valence-corrected chi connectivity index (χ4v) is 2.56. The van der Waals surface area contributed by atoms with Crippen molar-refractivity contribution in [1.82, 2.24) is 9.88 Å². The normalized spacial score (nSPS) is 23.2. The van der Waals surface area contributed by atoms with Gasteiger partial charge in [-0.2, -0.15) is 0 Å². The Balaban J connectivity index is 1.88. The number of anilines is 1. The van der Waals surface area contributed by atoms with Gasteiger partial charge in [0.1, 0.15) is 5.82 Å². The summed E-state index contributed by atoms with van der Waals surface area (Å²) in [5.41, 5.74) is 7.30. The van der Waals surface area contributed by atoms with Gasteiger partial charge >= 0.3 is 0 Å². The van der Waals surface area contributed by atoms with Gasteiger partial charge in [-0.3, -0.25) is 4.90 Å². The Hall–Kier alpha value is -1.17. The molecule has 2 rings (SSSR count). The molecule has 1 aromatic heterocycles. The zero-order valence-electron chi connectivity index (χ0n) is 12.7. The van der Waals surface area contributed by atoms with Crippen molar-refractivity contribution in [3.63, 3.8) is 0 Å². The fraction of sp³-hybridized carbons (Fsp3) is 0.667. The van der Waals surface area contributed by atoms with Crippen molar-refractivity contribution in [3.8, 4) is 0 Å². The summed E-state index contributed by atoms with van der Waals surface area (Å²) in [5.74, 6) is 1.57. The predicted molar refractivity (Wildman–Crippen MR) is 81.8 cm³/mol. The van der Waals surface area contributed by atoms with E-state index in [2.05, 4.69) is 33.8 Å². The lowest BCUT2D eigenvalue weighted by Gasteiger charge is -2.19. The molecule has 2 N–H and O–H groups in total. The summed E-state index contributed by atoms with van der Waals surface area (Å²) in [6.45, 7) is 6.78. The molecule has 112 valence electrons. The highest BCUT2D eigenvalue weighted by Gasteiger charge is 2.26.